The first-order chi connectivity index (χ1) is 14.2. The third-order valence-corrected chi connectivity index (χ3v) is 7.91. The van der Waals surface area contributed by atoms with Gasteiger partial charge in [-0.15, -0.1) is 13.9 Å². The van der Waals surface area contributed by atoms with Crippen molar-refractivity contribution >= 4 is 27.9 Å². The molecule has 156 valence electrons. The molecule has 7 nitrogen and oxygen atoms in total. The van der Waals surface area contributed by atoms with Crippen molar-refractivity contribution in [3.63, 3.8) is 0 Å². The summed E-state index contributed by atoms with van der Waals surface area (Å²) in [5, 5.41) is 18.1. The van der Waals surface area contributed by atoms with Gasteiger partial charge in [0.15, 0.2) is 0 Å². The fourth-order valence-electron chi connectivity index (χ4n) is 2.83. The van der Waals surface area contributed by atoms with Crippen LogP contribution in [0.15, 0.2) is 64.5 Å². The highest BCUT2D eigenvalue weighted by atomic mass is 32.3. The van der Waals surface area contributed by atoms with Gasteiger partial charge in [0.25, 0.3) is 10.0 Å². The molecule has 2 aromatic carbocycles. The summed E-state index contributed by atoms with van der Waals surface area (Å²) in [5.74, 6) is -1.16. The van der Waals surface area contributed by atoms with Gasteiger partial charge in [-0.1, -0.05) is 37.3 Å². The zero-order valence-electron chi connectivity index (χ0n) is 16.7. The van der Waals surface area contributed by atoms with Crippen LogP contribution >= 0.6 is 11.9 Å². The number of carboxylic acid groups (broad SMARTS) is 1. The topological polar surface area (TPSA) is 100 Å². The molecule has 0 atom stereocenters. The van der Waals surface area contributed by atoms with Gasteiger partial charge in [-0.3, -0.25) is 0 Å². The summed E-state index contributed by atoms with van der Waals surface area (Å²) in [6.07, 6.45) is 0. The Bertz CT molecular complexity index is 1160. The van der Waals surface area contributed by atoms with E-state index in [0.29, 0.717) is 21.8 Å². The monoisotopic (exact) mass is 443 g/mol. The van der Waals surface area contributed by atoms with E-state index in [1.165, 1.54) is 15.8 Å². The SMILES string of the molecule is CCN(Sc1ccc(-c2ccccc2)nn1)S(=O)(=O)c1cc(C)c(C)c(C(=O)O)c1. The average molecular weight is 444 g/mol. The molecule has 0 saturated carbocycles. The molecule has 0 radical (unpaired) electrons. The Morgan fingerprint density at radius 2 is 1.77 bits per heavy atom. The Balaban J connectivity index is 1.89. The van der Waals surface area contributed by atoms with E-state index in [0.717, 1.165) is 17.5 Å². The minimum atomic E-state index is -3.94. The number of aromatic nitrogens is 2. The van der Waals surface area contributed by atoms with Crippen LogP contribution in [-0.2, 0) is 10.0 Å². The highest BCUT2D eigenvalue weighted by molar-refractivity contribution is 8.08. The Labute approximate surface area is 180 Å². The number of benzene rings is 2. The van der Waals surface area contributed by atoms with Crippen LogP contribution in [0.4, 0.5) is 0 Å². The van der Waals surface area contributed by atoms with Gasteiger partial charge in [-0.05, 0) is 61.2 Å². The van der Waals surface area contributed by atoms with Gasteiger partial charge in [0.2, 0.25) is 0 Å². The van der Waals surface area contributed by atoms with Crippen molar-refractivity contribution in [2.45, 2.75) is 30.7 Å². The number of carbonyl (C=O) groups is 1. The van der Waals surface area contributed by atoms with Crippen molar-refractivity contribution in [2.75, 3.05) is 6.54 Å². The molecule has 1 heterocycles. The Morgan fingerprint density at radius 1 is 1.07 bits per heavy atom. The normalized spacial score (nSPS) is 11.6. The zero-order valence-corrected chi connectivity index (χ0v) is 18.4. The van der Waals surface area contributed by atoms with E-state index in [1.807, 2.05) is 30.3 Å². The molecule has 0 saturated heterocycles. The van der Waals surface area contributed by atoms with Gasteiger partial charge >= 0.3 is 5.97 Å². The Morgan fingerprint density at radius 3 is 2.33 bits per heavy atom. The fraction of sp³-hybridized carbons (Fsp3) is 0.190. The molecule has 0 aliphatic heterocycles. The molecule has 0 bridgehead atoms. The largest absolute Gasteiger partial charge is 0.478 e. The first-order valence-electron chi connectivity index (χ1n) is 9.18. The van der Waals surface area contributed by atoms with Crippen LogP contribution < -0.4 is 0 Å². The number of rotatable bonds is 7. The Kier molecular flexibility index (Phi) is 6.55. The molecule has 30 heavy (non-hydrogen) atoms. The maximum Gasteiger partial charge on any atom is 0.336 e. The van der Waals surface area contributed by atoms with Crippen molar-refractivity contribution in [2.24, 2.45) is 0 Å². The molecule has 0 amide bonds. The predicted octanol–water partition coefficient (Wildman–Crippen LogP) is 4.18. The lowest BCUT2D eigenvalue weighted by Crippen LogP contribution is -2.25. The summed E-state index contributed by atoms with van der Waals surface area (Å²) in [6, 6.07) is 15.7. The molecule has 9 heteroatoms. The third kappa shape index (κ3) is 4.53. The van der Waals surface area contributed by atoms with E-state index in [4.69, 9.17) is 0 Å². The van der Waals surface area contributed by atoms with Gasteiger partial charge in [-0.25, -0.2) is 13.2 Å². The predicted molar refractivity (Wildman–Crippen MR) is 116 cm³/mol. The molecule has 0 unspecified atom stereocenters. The second kappa shape index (κ2) is 8.95. The number of aromatic carboxylic acids is 1. The first kappa shape index (κ1) is 21.9. The summed E-state index contributed by atoms with van der Waals surface area (Å²) < 4.78 is 27.5. The molecular weight excluding hydrogens is 422 g/mol. The van der Waals surface area contributed by atoms with E-state index >= 15 is 0 Å². The highest BCUT2D eigenvalue weighted by Crippen LogP contribution is 2.30. The molecule has 1 N–H and O–H groups in total. The highest BCUT2D eigenvalue weighted by Gasteiger charge is 2.27. The number of carboxylic acids is 1. The summed E-state index contributed by atoms with van der Waals surface area (Å²) in [5.41, 5.74) is 2.71. The smallest absolute Gasteiger partial charge is 0.336 e. The quantitative estimate of drug-likeness (QED) is 0.547. The van der Waals surface area contributed by atoms with Gasteiger partial charge in [0.05, 0.1) is 16.2 Å². The van der Waals surface area contributed by atoms with Crippen LogP contribution in [0.2, 0.25) is 0 Å². The molecule has 3 aromatic rings. The number of sulfonamides is 1. The van der Waals surface area contributed by atoms with Gasteiger partial charge in [0.1, 0.15) is 5.03 Å². The van der Waals surface area contributed by atoms with E-state index < -0.39 is 16.0 Å². The lowest BCUT2D eigenvalue weighted by molar-refractivity contribution is 0.0695. The second-order valence-electron chi connectivity index (χ2n) is 6.56. The molecular formula is C21H21N3O4S2. The van der Waals surface area contributed by atoms with Crippen LogP contribution in [0.3, 0.4) is 0 Å². The minimum Gasteiger partial charge on any atom is -0.478 e. The molecule has 3 rings (SSSR count). The minimum absolute atomic E-state index is 0.0263. The van der Waals surface area contributed by atoms with Gasteiger partial charge in [0, 0.05) is 12.1 Å². The molecule has 0 aliphatic rings. The van der Waals surface area contributed by atoms with Crippen LogP contribution in [0, 0.1) is 13.8 Å². The van der Waals surface area contributed by atoms with Gasteiger partial charge in [-0.2, -0.15) is 0 Å². The third-order valence-electron chi connectivity index (χ3n) is 4.60. The van der Waals surface area contributed by atoms with Crippen LogP contribution in [0.1, 0.15) is 28.4 Å². The van der Waals surface area contributed by atoms with Crippen LogP contribution in [0.25, 0.3) is 11.3 Å². The fourth-order valence-corrected chi connectivity index (χ4v) is 5.43. The zero-order chi connectivity index (χ0) is 21.9. The summed E-state index contributed by atoms with van der Waals surface area (Å²) >= 11 is 0.943. The number of aryl methyl sites for hydroxylation is 1. The lowest BCUT2D eigenvalue weighted by atomic mass is 10.0. The summed E-state index contributed by atoms with van der Waals surface area (Å²) in [7, 11) is -3.94. The van der Waals surface area contributed by atoms with Crippen molar-refractivity contribution in [1.82, 2.24) is 13.9 Å². The van der Waals surface area contributed by atoms with Crippen molar-refractivity contribution in [1.29, 1.82) is 0 Å². The molecule has 0 aliphatic carbocycles. The standard InChI is InChI=1S/C21H21N3O4S2/c1-4-24(29-20-11-10-19(22-23-20)16-8-6-5-7-9-16)30(27,28)17-12-14(2)15(3)18(13-17)21(25)26/h5-13H,4H2,1-3H3,(H,25,26). The van der Waals surface area contributed by atoms with E-state index in [2.05, 4.69) is 10.2 Å². The second-order valence-corrected chi connectivity index (χ2v) is 9.69. The number of hydrogen-bond acceptors (Lipinski definition) is 6. The lowest BCUT2D eigenvalue weighted by Gasteiger charge is -2.20. The van der Waals surface area contributed by atoms with Crippen molar-refractivity contribution < 1.29 is 18.3 Å². The van der Waals surface area contributed by atoms with Crippen molar-refractivity contribution in [3.8, 4) is 11.3 Å². The number of nitrogens with zero attached hydrogens (tertiary/aromatic N) is 3. The summed E-state index contributed by atoms with van der Waals surface area (Å²) in [6.45, 7) is 5.23. The average Bonchev–Trinajstić information content (AvgIpc) is 2.74. The Hall–Kier alpha value is -2.75. The first-order valence-corrected chi connectivity index (χ1v) is 11.4. The number of hydrogen-bond donors (Lipinski definition) is 1. The van der Waals surface area contributed by atoms with E-state index in [1.54, 1.807) is 32.9 Å². The maximum absolute atomic E-state index is 13.2. The molecule has 1 aromatic heterocycles. The molecule has 0 spiro atoms. The molecule has 0 fully saturated rings. The maximum atomic E-state index is 13.2. The van der Waals surface area contributed by atoms with E-state index in [-0.39, 0.29) is 17.0 Å². The van der Waals surface area contributed by atoms with Crippen molar-refractivity contribution in [3.05, 3.63) is 71.3 Å². The van der Waals surface area contributed by atoms with E-state index in [9.17, 15) is 18.3 Å². The van der Waals surface area contributed by atoms with Crippen LogP contribution in [-0.4, -0.2) is 39.9 Å². The van der Waals surface area contributed by atoms with Crippen LogP contribution in [0.5, 0.6) is 0 Å². The van der Waals surface area contributed by atoms with Gasteiger partial charge < -0.3 is 5.11 Å². The summed E-state index contributed by atoms with van der Waals surface area (Å²) in [4.78, 5) is 11.4.